The molecule has 0 aromatic heterocycles. The van der Waals surface area contributed by atoms with Crippen LogP contribution in [-0.4, -0.2) is 20.1 Å². The lowest BCUT2D eigenvalue weighted by Gasteiger charge is -2.19. The molecule has 0 unspecified atom stereocenters. The molecule has 1 aliphatic carbocycles. The third-order valence-electron chi connectivity index (χ3n) is 4.26. The molecule has 0 atom stereocenters. The van der Waals surface area contributed by atoms with Crippen molar-refractivity contribution in [1.29, 1.82) is 0 Å². The molecule has 0 saturated heterocycles. The molecule has 0 bridgehead atoms. The third-order valence-corrected chi connectivity index (χ3v) is 4.26. The molecule has 1 amide bonds. The summed E-state index contributed by atoms with van der Waals surface area (Å²) in [5.74, 6) is 1.06. The van der Waals surface area contributed by atoms with Gasteiger partial charge in [-0.1, -0.05) is 12.1 Å². The average Bonchev–Trinajstić information content (AvgIpc) is 2.61. The Morgan fingerprint density at radius 3 is 2.30 bits per heavy atom. The molecule has 0 heterocycles. The van der Waals surface area contributed by atoms with Crippen molar-refractivity contribution in [2.45, 2.75) is 25.7 Å². The van der Waals surface area contributed by atoms with Gasteiger partial charge in [0.15, 0.2) is 0 Å². The topological polar surface area (TPSA) is 47.6 Å². The Labute approximate surface area is 136 Å². The number of benzene rings is 2. The fourth-order valence-electron chi connectivity index (χ4n) is 3.05. The Hall–Kier alpha value is -2.49. The number of carbonyl (C=O) groups is 1. The molecule has 4 heteroatoms. The average molecular weight is 311 g/mol. The van der Waals surface area contributed by atoms with E-state index in [1.807, 2.05) is 24.3 Å². The Balaban J connectivity index is 1.91. The normalized spacial score (nSPS) is 13.1. The molecule has 1 aliphatic rings. The van der Waals surface area contributed by atoms with Crippen LogP contribution in [-0.2, 0) is 12.8 Å². The van der Waals surface area contributed by atoms with E-state index >= 15 is 0 Å². The van der Waals surface area contributed by atoms with Gasteiger partial charge in [-0.25, -0.2) is 0 Å². The van der Waals surface area contributed by atoms with E-state index in [-0.39, 0.29) is 5.91 Å². The summed E-state index contributed by atoms with van der Waals surface area (Å²) in [6.45, 7) is 0. The summed E-state index contributed by atoms with van der Waals surface area (Å²) in [4.78, 5) is 12.6. The number of amides is 1. The molecule has 0 fully saturated rings. The number of nitrogens with one attached hydrogen (secondary N) is 1. The number of hydrogen-bond donors (Lipinski definition) is 1. The van der Waals surface area contributed by atoms with Crippen molar-refractivity contribution in [2.24, 2.45) is 0 Å². The van der Waals surface area contributed by atoms with Crippen LogP contribution < -0.4 is 14.8 Å². The lowest BCUT2D eigenvalue weighted by atomic mass is 9.91. The molecule has 23 heavy (non-hydrogen) atoms. The standard InChI is InChI=1S/C19H21NO3/c1-22-17-10-6-5-9-15(17)19(21)20-16-11-13-7-3-4-8-14(13)12-18(16)23-2/h5-6,9-12H,3-4,7-8H2,1-2H3,(H,20,21). The van der Waals surface area contributed by atoms with Crippen molar-refractivity contribution < 1.29 is 14.3 Å². The minimum absolute atomic E-state index is 0.198. The number of ether oxygens (including phenoxy) is 2. The zero-order valence-electron chi connectivity index (χ0n) is 13.5. The van der Waals surface area contributed by atoms with Crippen molar-refractivity contribution in [3.05, 3.63) is 53.1 Å². The summed E-state index contributed by atoms with van der Waals surface area (Å²) < 4.78 is 10.7. The lowest BCUT2D eigenvalue weighted by Crippen LogP contribution is -2.15. The van der Waals surface area contributed by atoms with Crippen LogP contribution in [0.15, 0.2) is 36.4 Å². The Morgan fingerprint density at radius 2 is 1.61 bits per heavy atom. The Morgan fingerprint density at radius 1 is 0.957 bits per heavy atom. The van der Waals surface area contributed by atoms with Gasteiger partial charge in [-0.3, -0.25) is 4.79 Å². The highest BCUT2D eigenvalue weighted by atomic mass is 16.5. The number of aryl methyl sites for hydroxylation is 2. The molecule has 3 rings (SSSR count). The molecule has 1 N–H and O–H groups in total. The van der Waals surface area contributed by atoms with E-state index in [9.17, 15) is 4.79 Å². The summed E-state index contributed by atoms with van der Waals surface area (Å²) in [6.07, 6.45) is 4.53. The highest BCUT2D eigenvalue weighted by Gasteiger charge is 2.17. The second-order valence-corrected chi connectivity index (χ2v) is 5.68. The molecule has 0 saturated carbocycles. The van der Waals surface area contributed by atoms with Crippen molar-refractivity contribution >= 4 is 11.6 Å². The minimum atomic E-state index is -0.198. The fourth-order valence-corrected chi connectivity index (χ4v) is 3.05. The van der Waals surface area contributed by atoms with Gasteiger partial charge in [0.25, 0.3) is 5.91 Å². The smallest absolute Gasteiger partial charge is 0.259 e. The van der Waals surface area contributed by atoms with Crippen LogP contribution in [0.4, 0.5) is 5.69 Å². The third kappa shape index (κ3) is 3.16. The van der Waals surface area contributed by atoms with E-state index in [0.717, 1.165) is 12.8 Å². The maximum atomic E-state index is 12.6. The van der Waals surface area contributed by atoms with Gasteiger partial charge < -0.3 is 14.8 Å². The first kappa shape index (κ1) is 15.4. The number of anilines is 1. The van der Waals surface area contributed by atoms with E-state index in [1.165, 1.54) is 24.0 Å². The van der Waals surface area contributed by atoms with Gasteiger partial charge in [0, 0.05) is 0 Å². The van der Waals surface area contributed by atoms with E-state index in [4.69, 9.17) is 9.47 Å². The van der Waals surface area contributed by atoms with E-state index in [2.05, 4.69) is 5.32 Å². The fraction of sp³-hybridized carbons (Fsp3) is 0.316. The maximum Gasteiger partial charge on any atom is 0.259 e. The van der Waals surface area contributed by atoms with Gasteiger partial charge in [0.2, 0.25) is 0 Å². The predicted molar refractivity (Wildman–Crippen MR) is 90.6 cm³/mol. The van der Waals surface area contributed by atoms with Gasteiger partial charge in [-0.15, -0.1) is 0 Å². The van der Waals surface area contributed by atoms with Crippen LogP contribution >= 0.6 is 0 Å². The summed E-state index contributed by atoms with van der Waals surface area (Å²) >= 11 is 0. The highest BCUT2D eigenvalue weighted by molar-refractivity contribution is 6.07. The van der Waals surface area contributed by atoms with Crippen LogP contribution in [0.2, 0.25) is 0 Å². The predicted octanol–water partition coefficient (Wildman–Crippen LogP) is 3.83. The monoisotopic (exact) mass is 311 g/mol. The van der Waals surface area contributed by atoms with Crippen molar-refractivity contribution in [1.82, 2.24) is 0 Å². The molecule has 0 aliphatic heterocycles. The molecular formula is C19H21NO3. The number of fused-ring (bicyclic) bond motifs is 1. The molecule has 2 aromatic rings. The highest BCUT2D eigenvalue weighted by Crippen LogP contribution is 2.33. The molecule has 4 nitrogen and oxygen atoms in total. The molecule has 120 valence electrons. The van der Waals surface area contributed by atoms with Gasteiger partial charge in [-0.2, -0.15) is 0 Å². The second kappa shape index (κ2) is 6.73. The van der Waals surface area contributed by atoms with Gasteiger partial charge in [0.1, 0.15) is 11.5 Å². The van der Waals surface area contributed by atoms with Crippen LogP contribution in [0.5, 0.6) is 11.5 Å². The van der Waals surface area contributed by atoms with Crippen molar-refractivity contribution in [3.63, 3.8) is 0 Å². The van der Waals surface area contributed by atoms with Crippen LogP contribution in [0.25, 0.3) is 0 Å². The SMILES string of the molecule is COc1cc2c(cc1NC(=O)c1ccccc1OC)CCCC2. The summed E-state index contributed by atoms with van der Waals surface area (Å²) in [6, 6.07) is 11.3. The molecular weight excluding hydrogens is 290 g/mol. The Kier molecular flexibility index (Phi) is 4.51. The Bertz CT molecular complexity index is 725. The van der Waals surface area contributed by atoms with Crippen LogP contribution in [0, 0.1) is 0 Å². The van der Waals surface area contributed by atoms with E-state index in [0.29, 0.717) is 22.7 Å². The number of rotatable bonds is 4. The zero-order chi connectivity index (χ0) is 16.2. The molecule has 2 aromatic carbocycles. The minimum Gasteiger partial charge on any atom is -0.496 e. The van der Waals surface area contributed by atoms with E-state index in [1.54, 1.807) is 26.4 Å². The summed E-state index contributed by atoms with van der Waals surface area (Å²) in [7, 11) is 3.19. The largest absolute Gasteiger partial charge is 0.496 e. The molecule has 0 spiro atoms. The van der Waals surface area contributed by atoms with Gasteiger partial charge in [-0.05, 0) is 61.1 Å². The lowest BCUT2D eigenvalue weighted by molar-refractivity contribution is 0.102. The summed E-state index contributed by atoms with van der Waals surface area (Å²) in [5.41, 5.74) is 3.84. The van der Waals surface area contributed by atoms with Crippen LogP contribution in [0.3, 0.4) is 0 Å². The maximum absolute atomic E-state index is 12.6. The van der Waals surface area contributed by atoms with Crippen LogP contribution in [0.1, 0.15) is 34.3 Å². The van der Waals surface area contributed by atoms with Gasteiger partial charge >= 0.3 is 0 Å². The quantitative estimate of drug-likeness (QED) is 0.933. The number of hydrogen-bond acceptors (Lipinski definition) is 3. The first-order valence-electron chi connectivity index (χ1n) is 7.87. The number of carbonyl (C=O) groups excluding carboxylic acids is 1. The van der Waals surface area contributed by atoms with Crippen molar-refractivity contribution in [2.75, 3.05) is 19.5 Å². The zero-order valence-corrected chi connectivity index (χ0v) is 13.5. The van der Waals surface area contributed by atoms with E-state index < -0.39 is 0 Å². The number of methoxy groups -OCH3 is 2. The second-order valence-electron chi connectivity index (χ2n) is 5.68. The molecule has 0 radical (unpaired) electrons. The first-order chi connectivity index (χ1) is 11.2. The van der Waals surface area contributed by atoms with Gasteiger partial charge in [0.05, 0.1) is 25.5 Å². The van der Waals surface area contributed by atoms with Crippen molar-refractivity contribution in [3.8, 4) is 11.5 Å². The number of para-hydroxylation sites is 1. The summed E-state index contributed by atoms with van der Waals surface area (Å²) in [5, 5.41) is 2.96. The first-order valence-corrected chi connectivity index (χ1v) is 7.87.